The lowest BCUT2D eigenvalue weighted by Crippen LogP contribution is -2.30. The number of imide groups is 1. The number of carbonyl (C=O) groups excluding carboxylic acids is 3. The summed E-state index contributed by atoms with van der Waals surface area (Å²) >= 11 is 6.19. The van der Waals surface area contributed by atoms with Crippen molar-refractivity contribution < 1.29 is 18.8 Å². The molecule has 0 spiro atoms. The third kappa shape index (κ3) is 3.50. The van der Waals surface area contributed by atoms with Gasteiger partial charge in [-0.1, -0.05) is 35.9 Å². The molecule has 0 saturated carbocycles. The predicted octanol–water partition coefficient (Wildman–Crippen LogP) is 5.00. The van der Waals surface area contributed by atoms with Gasteiger partial charge in [-0.3, -0.25) is 23.9 Å². The van der Waals surface area contributed by atoms with Gasteiger partial charge in [-0.25, -0.2) is 9.37 Å². The molecule has 0 atom stereocenters. The zero-order valence-corrected chi connectivity index (χ0v) is 18.7. The van der Waals surface area contributed by atoms with E-state index in [0.29, 0.717) is 33.4 Å². The molecule has 2 amide bonds. The van der Waals surface area contributed by atoms with Crippen molar-refractivity contribution in [3.05, 3.63) is 118 Å². The van der Waals surface area contributed by atoms with Gasteiger partial charge in [0.15, 0.2) is 5.78 Å². The van der Waals surface area contributed by atoms with Crippen LogP contribution < -0.4 is 0 Å². The summed E-state index contributed by atoms with van der Waals surface area (Å²) in [5.41, 5.74) is 1.69. The van der Waals surface area contributed by atoms with Crippen LogP contribution in [0.3, 0.4) is 0 Å². The molecule has 1 aliphatic heterocycles. The molecular weight excluding hydrogens is 457 g/mol. The van der Waals surface area contributed by atoms with E-state index in [0.717, 1.165) is 4.90 Å². The van der Waals surface area contributed by atoms with Crippen LogP contribution in [0.2, 0.25) is 5.02 Å². The second-order valence-electron chi connectivity index (χ2n) is 7.84. The fraction of sp³-hybridized carbons (Fsp3) is 0.0769. The lowest BCUT2D eigenvalue weighted by atomic mass is 10.0. The number of amides is 2. The number of hydrogen-bond donors (Lipinski definition) is 0. The standard InChI is InChI=1S/C26H17ClFN3O3/c1-15-29-13-17(14-30-25(33)18-6-2-3-7-19(18)26(30)34)31(15)23-11-10-16(27)12-21(23)24(32)20-8-4-5-9-22(20)28/h2-13H,14H2,1H3. The van der Waals surface area contributed by atoms with Gasteiger partial charge in [0.05, 0.1) is 40.8 Å². The molecule has 168 valence electrons. The zero-order chi connectivity index (χ0) is 24.0. The molecule has 0 N–H and O–H groups in total. The first kappa shape index (κ1) is 21.7. The molecule has 6 nitrogen and oxygen atoms in total. The van der Waals surface area contributed by atoms with Crippen LogP contribution in [0.4, 0.5) is 4.39 Å². The van der Waals surface area contributed by atoms with Gasteiger partial charge >= 0.3 is 0 Å². The number of benzene rings is 3. The topological polar surface area (TPSA) is 72.3 Å². The fourth-order valence-electron chi connectivity index (χ4n) is 4.15. The Labute approximate surface area is 199 Å². The number of halogens is 2. The van der Waals surface area contributed by atoms with E-state index >= 15 is 0 Å². The molecule has 0 saturated heterocycles. The Bertz CT molecular complexity index is 1460. The highest BCUT2D eigenvalue weighted by molar-refractivity contribution is 6.31. The minimum atomic E-state index is -0.646. The Hall–Kier alpha value is -4.10. The van der Waals surface area contributed by atoms with E-state index in [1.54, 1.807) is 60.2 Å². The van der Waals surface area contributed by atoms with Crippen molar-refractivity contribution in [2.24, 2.45) is 0 Å². The van der Waals surface area contributed by atoms with Crippen LogP contribution in [0.15, 0.2) is 72.9 Å². The molecule has 5 rings (SSSR count). The van der Waals surface area contributed by atoms with E-state index in [-0.39, 0.29) is 17.7 Å². The minimum Gasteiger partial charge on any atom is -0.298 e. The van der Waals surface area contributed by atoms with Crippen LogP contribution in [-0.2, 0) is 6.54 Å². The summed E-state index contributed by atoms with van der Waals surface area (Å²) < 4.78 is 16.1. The molecule has 3 aromatic carbocycles. The summed E-state index contributed by atoms with van der Waals surface area (Å²) in [5, 5.41) is 0.308. The smallest absolute Gasteiger partial charge is 0.261 e. The fourth-order valence-corrected chi connectivity index (χ4v) is 4.32. The van der Waals surface area contributed by atoms with E-state index in [1.165, 1.54) is 24.3 Å². The number of hydrogen-bond acceptors (Lipinski definition) is 4. The molecule has 4 aromatic rings. The van der Waals surface area contributed by atoms with Crippen molar-refractivity contribution in [1.29, 1.82) is 0 Å². The van der Waals surface area contributed by atoms with Crippen molar-refractivity contribution in [3.63, 3.8) is 0 Å². The second kappa shape index (κ2) is 8.35. The average Bonchev–Trinajstić information content (AvgIpc) is 3.31. The van der Waals surface area contributed by atoms with Crippen LogP contribution in [0.5, 0.6) is 0 Å². The monoisotopic (exact) mass is 473 g/mol. The lowest BCUT2D eigenvalue weighted by molar-refractivity contribution is 0.0639. The highest BCUT2D eigenvalue weighted by Gasteiger charge is 2.36. The average molecular weight is 474 g/mol. The van der Waals surface area contributed by atoms with E-state index in [1.807, 2.05) is 0 Å². The van der Waals surface area contributed by atoms with Crippen LogP contribution in [-0.4, -0.2) is 32.0 Å². The number of carbonyl (C=O) groups is 3. The maximum Gasteiger partial charge on any atom is 0.261 e. The summed E-state index contributed by atoms with van der Waals surface area (Å²) in [7, 11) is 0. The minimum absolute atomic E-state index is 0.0524. The third-order valence-electron chi connectivity index (χ3n) is 5.77. The Morgan fingerprint density at radius 2 is 1.59 bits per heavy atom. The summed E-state index contributed by atoms with van der Waals surface area (Å²) in [6.07, 6.45) is 1.55. The third-order valence-corrected chi connectivity index (χ3v) is 6.01. The molecule has 1 aromatic heterocycles. The summed E-state index contributed by atoms with van der Waals surface area (Å²) in [6, 6.07) is 17.1. The molecule has 34 heavy (non-hydrogen) atoms. The van der Waals surface area contributed by atoms with Crippen LogP contribution >= 0.6 is 11.6 Å². The Kier molecular flexibility index (Phi) is 5.34. The summed E-state index contributed by atoms with van der Waals surface area (Å²) in [6.45, 7) is 1.68. The first-order valence-electron chi connectivity index (χ1n) is 10.4. The Morgan fingerprint density at radius 3 is 2.26 bits per heavy atom. The molecule has 8 heteroatoms. The number of fused-ring (bicyclic) bond motifs is 1. The number of rotatable bonds is 5. The molecular formula is C26H17ClFN3O3. The highest BCUT2D eigenvalue weighted by Crippen LogP contribution is 2.29. The van der Waals surface area contributed by atoms with Gasteiger partial charge in [0, 0.05) is 10.6 Å². The molecule has 0 aliphatic carbocycles. The number of ketones is 1. The molecule has 0 fully saturated rings. The Balaban J connectivity index is 1.58. The van der Waals surface area contributed by atoms with Gasteiger partial charge in [0.2, 0.25) is 0 Å². The van der Waals surface area contributed by atoms with E-state index < -0.39 is 23.4 Å². The van der Waals surface area contributed by atoms with Crippen molar-refractivity contribution in [1.82, 2.24) is 14.5 Å². The highest BCUT2D eigenvalue weighted by atomic mass is 35.5. The molecule has 2 heterocycles. The predicted molar refractivity (Wildman–Crippen MR) is 124 cm³/mol. The van der Waals surface area contributed by atoms with Gasteiger partial charge in [-0.15, -0.1) is 0 Å². The maximum absolute atomic E-state index is 14.4. The van der Waals surface area contributed by atoms with E-state index in [9.17, 15) is 18.8 Å². The zero-order valence-electron chi connectivity index (χ0n) is 18.0. The van der Waals surface area contributed by atoms with Crippen molar-refractivity contribution >= 4 is 29.2 Å². The van der Waals surface area contributed by atoms with Gasteiger partial charge in [0.25, 0.3) is 11.8 Å². The molecule has 0 bridgehead atoms. The number of imidazole rings is 1. The SMILES string of the molecule is Cc1ncc(CN2C(=O)c3ccccc3C2=O)n1-c1ccc(Cl)cc1C(=O)c1ccccc1F. The first-order valence-corrected chi connectivity index (χ1v) is 10.8. The van der Waals surface area contributed by atoms with Crippen molar-refractivity contribution in [2.75, 3.05) is 0 Å². The van der Waals surface area contributed by atoms with Crippen LogP contribution in [0.25, 0.3) is 5.69 Å². The quantitative estimate of drug-likeness (QED) is 0.302. The van der Waals surface area contributed by atoms with Crippen molar-refractivity contribution in [2.45, 2.75) is 13.5 Å². The van der Waals surface area contributed by atoms with Gasteiger partial charge in [-0.05, 0) is 49.4 Å². The maximum atomic E-state index is 14.4. The number of aromatic nitrogens is 2. The van der Waals surface area contributed by atoms with E-state index in [4.69, 9.17) is 11.6 Å². The Morgan fingerprint density at radius 1 is 0.941 bits per heavy atom. The van der Waals surface area contributed by atoms with Crippen LogP contribution in [0, 0.1) is 12.7 Å². The number of aryl methyl sites for hydroxylation is 1. The van der Waals surface area contributed by atoms with Gasteiger partial charge in [0.1, 0.15) is 11.6 Å². The summed E-state index contributed by atoms with van der Waals surface area (Å²) in [5.74, 6) is -1.46. The van der Waals surface area contributed by atoms with Crippen molar-refractivity contribution in [3.8, 4) is 5.69 Å². The first-order chi connectivity index (χ1) is 16.4. The summed E-state index contributed by atoms with van der Waals surface area (Å²) in [4.78, 5) is 44.5. The molecule has 0 radical (unpaired) electrons. The van der Waals surface area contributed by atoms with Gasteiger partial charge < -0.3 is 0 Å². The lowest BCUT2D eigenvalue weighted by Gasteiger charge is -2.18. The van der Waals surface area contributed by atoms with E-state index in [2.05, 4.69) is 4.98 Å². The largest absolute Gasteiger partial charge is 0.298 e. The van der Waals surface area contributed by atoms with Gasteiger partial charge in [-0.2, -0.15) is 0 Å². The normalized spacial score (nSPS) is 12.9. The van der Waals surface area contributed by atoms with Crippen LogP contribution in [0.1, 0.15) is 48.2 Å². The number of nitrogens with zero attached hydrogens (tertiary/aromatic N) is 3. The molecule has 1 aliphatic rings. The molecule has 0 unspecified atom stereocenters. The second-order valence-corrected chi connectivity index (χ2v) is 8.28.